The van der Waals surface area contributed by atoms with Gasteiger partial charge in [-0.05, 0) is 18.7 Å². The standard InChI is InChI=1S/C13H14FNO/c1-2-15-13(10-7-8-16-9-10)11-5-3-4-6-12(11)14/h3-9,13,15H,2H2,1H3. The summed E-state index contributed by atoms with van der Waals surface area (Å²) in [6.07, 6.45) is 3.24. The van der Waals surface area contributed by atoms with Crippen LogP contribution in [0.2, 0.25) is 0 Å². The van der Waals surface area contributed by atoms with E-state index in [0.29, 0.717) is 5.56 Å². The third-order valence-corrected chi connectivity index (χ3v) is 2.50. The van der Waals surface area contributed by atoms with Crippen LogP contribution in [-0.2, 0) is 0 Å². The molecule has 0 fully saturated rings. The van der Waals surface area contributed by atoms with E-state index in [2.05, 4.69) is 5.32 Å². The quantitative estimate of drug-likeness (QED) is 0.854. The van der Waals surface area contributed by atoms with E-state index in [1.807, 2.05) is 19.1 Å². The van der Waals surface area contributed by atoms with Crippen LogP contribution in [0.3, 0.4) is 0 Å². The van der Waals surface area contributed by atoms with Crippen molar-refractivity contribution in [2.45, 2.75) is 13.0 Å². The highest BCUT2D eigenvalue weighted by Gasteiger charge is 2.17. The summed E-state index contributed by atoms with van der Waals surface area (Å²) in [7, 11) is 0. The van der Waals surface area contributed by atoms with Crippen molar-refractivity contribution in [3.05, 3.63) is 59.8 Å². The largest absolute Gasteiger partial charge is 0.472 e. The van der Waals surface area contributed by atoms with Crippen LogP contribution in [0.4, 0.5) is 4.39 Å². The van der Waals surface area contributed by atoms with E-state index in [4.69, 9.17) is 4.42 Å². The Hall–Kier alpha value is -1.61. The Morgan fingerprint density at radius 2 is 2.12 bits per heavy atom. The minimum absolute atomic E-state index is 0.148. The third kappa shape index (κ3) is 2.14. The van der Waals surface area contributed by atoms with Crippen molar-refractivity contribution < 1.29 is 8.81 Å². The lowest BCUT2D eigenvalue weighted by Crippen LogP contribution is -2.22. The van der Waals surface area contributed by atoms with Crippen LogP contribution in [0.5, 0.6) is 0 Å². The summed E-state index contributed by atoms with van der Waals surface area (Å²) in [5.41, 5.74) is 1.58. The fourth-order valence-electron chi connectivity index (χ4n) is 1.76. The molecule has 84 valence electrons. The molecule has 16 heavy (non-hydrogen) atoms. The normalized spacial score (nSPS) is 12.6. The molecule has 0 saturated heterocycles. The summed E-state index contributed by atoms with van der Waals surface area (Å²) in [6, 6.07) is 8.49. The highest BCUT2D eigenvalue weighted by atomic mass is 19.1. The van der Waals surface area contributed by atoms with Crippen molar-refractivity contribution in [3.8, 4) is 0 Å². The van der Waals surface area contributed by atoms with Gasteiger partial charge in [-0.3, -0.25) is 0 Å². The second-order valence-corrected chi connectivity index (χ2v) is 3.57. The first-order chi connectivity index (χ1) is 7.83. The average Bonchev–Trinajstić information content (AvgIpc) is 2.80. The number of furan rings is 1. The van der Waals surface area contributed by atoms with Crippen LogP contribution < -0.4 is 5.32 Å². The van der Waals surface area contributed by atoms with Crippen molar-refractivity contribution in [3.63, 3.8) is 0 Å². The van der Waals surface area contributed by atoms with E-state index in [9.17, 15) is 4.39 Å². The Balaban J connectivity index is 2.37. The molecule has 2 rings (SSSR count). The number of hydrogen-bond donors (Lipinski definition) is 1. The third-order valence-electron chi connectivity index (χ3n) is 2.50. The van der Waals surface area contributed by atoms with E-state index in [1.165, 1.54) is 6.07 Å². The zero-order valence-electron chi connectivity index (χ0n) is 9.11. The van der Waals surface area contributed by atoms with E-state index in [-0.39, 0.29) is 11.9 Å². The molecular formula is C13H14FNO. The van der Waals surface area contributed by atoms with Gasteiger partial charge in [0.2, 0.25) is 0 Å². The van der Waals surface area contributed by atoms with Gasteiger partial charge in [0.15, 0.2) is 0 Å². The lowest BCUT2D eigenvalue weighted by molar-refractivity contribution is 0.538. The maximum atomic E-state index is 13.7. The molecule has 1 atom stereocenters. The zero-order chi connectivity index (χ0) is 11.4. The molecule has 0 spiro atoms. The lowest BCUT2D eigenvalue weighted by Gasteiger charge is -2.17. The first-order valence-corrected chi connectivity index (χ1v) is 5.33. The van der Waals surface area contributed by atoms with Gasteiger partial charge in [-0.2, -0.15) is 0 Å². The van der Waals surface area contributed by atoms with Crippen LogP contribution in [0.15, 0.2) is 47.3 Å². The van der Waals surface area contributed by atoms with Gasteiger partial charge in [0.1, 0.15) is 5.82 Å². The predicted molar refractivity (Wildman–Crippen MR) is 60.6 cm³/mol. The smallest absolute Gasteiger partial charge is 0.128 e. The Morgan fingerprint density at radius 3 is 2.75 bits per heavy atom. The zero-order valence-corrected chi connectivity index (χ0v) is 9.11. The van der Waals surface area contributed by atoms with Gasteiger partial charge in [-0.15, -0.1) is 0 Å². The van der Waals surface area contributed by atoms with E-state index < -0.39 is 0 Å². The monoisotopic (exact) mass is 219 g/mol. The van der Waals surface area contributed by atoms with Crippen molar-refractivity contribution in [2.24, 2.45) is 0 Å². The summed E-state index contributed by atoms with van der Waals surface area (Å²) < 4.78 is 18.7. The molecule has 0 saturated carbocycles. The van der Waals surface area contributed by atoms with Gasteiger partial charge >= 0.3 is 0 Å². The lowest BCUT2D eigenvalue weighted by atomic mass is 10.0. The summed E-state index contributed by atoms with van der Waals surface area (Å²) in [6.45, 7) is 2.76. The number of rotatable bonds is 4. The molecule has 0 aliphatic rings. The fourth-order valence-corrected chi connectivity index (χ4v) is 1.76. The molecule has 1 N–H and O–H groups in total. The number of benzene rings is 1. The molecular weight excluding hydrogens is 205 g/mol. The van der Waals surface area contributed by atoms with Crippen LogP contribution in [0.1, 0.15) is 24.1 Å². The number of hydrogen-bond acceptors (Lipinski definition) is 2. The molecule has 1 heterocycles. The van der Waals surface area contributed by atoms with Crippen molar-refractivity contribution in [1.82, 2.24) is 5.32 Å². The maximum Gasteiger partial charge on any atom is 0.128 e. The van der Waals surface area contributed by atoms with Crippen LogP contribution >= 0.6 is 0 Å². The molecule has 1 aromatic carbocycles. The molecule has 2 nitrogen and oxygen atoms in total. The fraction of sp³-hybridized carbons (Fsp3) is 0.231. The minimum Gasteiger partial charge on any atom is -0.472 e. The summed E-state index contributed by atoms with van der Waals surface area (Å²) in [5.74, 6) is -0.199. The summed E-state index contributed by atoms with van der Waals surface area (Å²) >= 11 is 0. The van der Waals surface area contributed by atoms with E-state index in [0.717, 1.165) is 12.1 Å². The van der Waals surface area contributed by atoms with E-state index >= 15 is 0 Å². The molecule has 0 bridgehead atoms. The topological polar surface area (TPSA) is 25.2 Å². The molecule has 3 heteroatoms. The van der Waals surface area contributed by atoms with Gasteiger partial charge in [0.25, 0.3) is 0 Å². The Kier molecular flexibility index (Phi) is 3.37. The van der Waals surface area contributed by atoms with Crippen molar-refractivity contribution in [1.29, 1.82) is 0 Å². The van der Waals surface area contributed by atoms with Gasteiger partial charge in [0, 0.05) is 11.1 Å². The van der Waals surface area contributed by atoms with Gasteiger partial charge in [0.05, 0.1) is 18.6 Å². The molecule has 1 aromatic heterocycles. The first-order valence-electron chi connectivity index (χ1n) is 5.33. The Bertz CT molecular complexity index is 439. The highest BCUT2D eigenvalue weighted by molar-refractivity contribution is 5.30. The van der Waals surface area contributed by atoms with Gasteiger partial charge in [-0.1, -0.05) is 25.1 Å². The second-order valence-electron chi connectivity index (χ2n) is 3.57. The van der Waals surface area contributed by atoms with Crippen LogP contribution in [0.25, 0.3) is 0 Å². The van der Waals surface area contributed by atoms with E-state index in [1.54, 1.807) is 24.7 Å². The number of halogens is 1. The van der Waals surface area contributed by atoms with Crippen LogP contribution in [0, 0.1) is 5.82 Å². The van der Waals surface area contributed by atoms with Gasteiger partial charge < -0.3 is 9.73 Å². The SMILES string of the molecule is CCNC(c1ccoc1)c1ccccc1F. The summed E-state index contributed by atoms with van der Waals surface area (Å²) in [5, 5.41) is 3.24. The Labute approximate surface area is 94.1 Å². The van der Waals surface area contributed by atoms with Crippen LogP contribution in [-0.4, -0.2) is 6.54 Å². The molecule has 0 aliphatic heterocycles. The van der Waals surface area contributed by atoms with Crippen molar-refractivity contribution in [2.75, 3.05) is 6.54 Å². The molecule has 0 amide bonds. The molecule has 0 radical (unpaired) electrons. The summed E-state index contributed by atoms with van der Waals surface area (Å²) in [4.78, 5) is 0. The average molecular weight is 219 g/mol. The first kappa shape index (κ1) is 10.9. The molecule has 1 unspecified atom stereocenters. The Morgan fingerprint density at radius 1 is 1.31 bits per heavy atom. The highest BCUT2D eigenvalue weighted by Crippen LogP contribution is 2.24. The molecule has 0 aliphatic carbocycles. The molecule has 2 aromatic rings. The predicted octanol–water partition coefficient (Wildman–Crippen LogP) is 3.12. The minimum atomic E-state index is -0.199. The maximum absolute atomic E-state index is 13.7. The van der Waals surface area contributed by atoms with Crippen molar-refractivity contribution >= 4 is 0 Å². The number of nitrogens with one attached hydrogen (secondary N) is 1. The second kappa shape index (κ2) is 4.94. The van der Waals surface area contributed by atoms with Gasteiger partial charge in [-0.25, -0.2) is 4.39 Å².